The summed E-state index contributed by atoms with van der Waals surface area (Å²) >= 11 is 0. The highest BCUT2D eigenvalue weighted by Crippen LogP contribution is 2.51. The number of carbonyl (C=O) groups is 3. The summed E-state index contributed by atoms with van der Waals surface area (Å²) in [5, 5.41) is 47.6. The molecule has 3 saturated heterocycles. The maximum atomic E-state index is 15.5. The van der Waals surface area contributed by atoms with Gasteiger partial charge in [0.1, 0.15) is 109 Å². The van der Waals surface area contributed by atoms with Gasteiger partial charge in [0.2, 0.25) is 17.8 Å². The highest BCUT2D eigenvalue weighted by atomic mass is 31.2. The molecule has 19 N–H and O–H groups in total. The molecule has 42 nitrogen and oxygen atoms in total. The Bertz CT molecular complexity index is 5430. The molecular formula is C70H88F3N18O24P3. The number of anilines is 3. The van der Waals surface area contributed by atoms with Crippen LogP contribution in [-0.4, -0.2) is 207 Å². The first-order chi connectivity index (χ1) is 55.9. The second-order valence-corrected chi connectivity index (χ2v) is 33.5. The van der Waals surface area contributed by atoms with Crippen molar-refractivity contribution in [3.05, 3.63) is 159 Å². The van der Waals surface area contributed by atoms with E-state index in [9.17, 15) is 62.2 Å². The van der Waals surface area contributed by atoms with Gasteiger partial charge in [-0.3, -0.25) is 57.3 Å². The topological polar surface area (TPSA) is 590 Å². The number of fused-ring (bicyclic) bond motifs is 3. The minimum Gasteiger partial charge on any atom is -0.462 e. The Morgan fingerprint density at radius 1 is 0.475 bits per heavy atom. The quantitative estimate of drug-likeness (QED) is 0.0114. The molecule has 3 aliphatic heterocycles. The summed E-state index contributed by atoms with van der Waals surface area (Å²) in [5.74, 6) is -4.02. The Balaban J connectivity index is 0.684. The van der Waals surface area contributed by atoms with Gasteiger partial charge >= 0.3 is 41.1 Å². The number of benzene rings is 3. The molecule has 0 amide bonds. The van der Waals surface area contributed by atoms with Gasteiger partial charge in [0.25, 0.3) is 16.7 Å². The fraction of sp³-hybridized carbons (Fsp3) is 0.443. The van der Waals surface area contributed by atoms with Gasteiger partial charge in [0.05, 0.1) is 42.1 Å². The van der Waals surface area contributed by atoms with Crippen LogP contribution >= 0.6 is 23.2 Å². The van der Waals surface area contributed by atoms with Crippen molar-refractivity contribution >= 4 is 92.1 Å². The number of aliphatic hydroxyl groups excluding tert-OH is 3. The van der Waals surface area contributed by atoms with Crippen LogP contribution in [0.1, 0.15) is 67.1 Å². The number of aliphatic hydroxyl groups is 3. The summed E-state index contributed by atoms with van der Waals surface area (Å²) in [6.07, 6.45) is -14.8. The highest BCUT2D eigenvalue weighted by Gasteiger charge is 2.59. The number of H-pyrrole nitrogens is 3. The molecule has 0 radical (unpaired) electrons. The Morgan fingerprint density at radius 3 is 1.06 bits per heavy atom. The second-order valence-electron chi connectivity index (χ2n) is 28.4. The number of nitrogen functional groups attached to an aromatic ring is 1. The van der Waals surface area contributed by atoms with Gasteiger partial charge in [-0.05, 0) is 103 Å². The second kappa shape index (κ2) is 35.5. The molecule has 3 fully saturated rings. The van der Waals surface area contributed by atoms with Crippen molar-refractivity contribution in [3.8, 4) is 17.2 Å². The fourth-order valence-electron chi connectivity index (χ4n) is 13.1. The van der Waals surface area contributed by atoms with E-state index < -0.39 is 206 Å². The lowest BCUT2D eigenvalue weighted by Gasteiger charge is -2.30. The number of para-hydroxylation sites is 3. The summed E-state index contributed by atoms with van der Waals surface area (Å²) in [6, 6.07) is 22.3. The lowest BCUT2D eigenvalue weighted by Crippen LogP contribution is -2.56. The van der Waals surface area contributed by atoms with Crippen molar-refractivity contribution in [2.45, 2.75) is 157 Å². The van der Waals surface area contributed by atoms with E-state index in [1.165, 1.54) is 125 Å². The van der Waals surface area contributed by atoms with E-state index in [0.29, 0.717) is 0 Å². The van der Waals surface area contributed by atoms with Gasteiger partial charge in [-0.1, -0.05) is 54.6 Å². The zero-order chi connectivity index (χ0) is 85.1. The van der Waals surface area contributed by atoms with Crippen molar-refractivity contribution in [2.75, 3.05) is 56.2 Å². The maximum Gasteiger partial charge on any atom is 0.459 e. The molecule has 9 heterocycles. The van der Waals surface area contributed by atoms with Crippen molar-refractivity contribution in [1.82, 2.24) is 58.9 Å². The molecule has 118 heavy (non-hydrogen) atoms. The number of aromatic amines is 3. The number of hydrogen-bond donors (Lipinski definition) is 15. The third-order valence-corrected chi connectivity index (χ3v) is 24.0. The van der Waals surface area contributed by atoms with Crippen LogP contribution in [0.5, 0.6) is 17.2 Å². The van der Waals surface area contributed by atoms with Crippen LogP contribution in [0.25, 0.3) is 33.1 Å². The number of nitrogens with one attached hydrogen (secondary N) is 8. The van der Waals surface area contributed by atoms with Crippen LogP contribution < -0.4 is 79.1 Å². The molecule has 3 aliphatic rings. The molecule has 6 aromatic heterocycles. The van der Waals surface area contributed by atoms with Crippen LogP contribution in [0.15, 0.2) is 142 Å². The molecule has 20 atom stereocenters. The summed E-state index contributed by atoms with van der Waals surface area (Å²) in [6.45, 7) is 2.89. The van der Waals surface area contributed by atoms with Crippen molar-refractivity contribution in [1.29, 1.82) is 0 Å². The van der Waals surface area contributed by atoms with Crippen LogP contribution in [-0.2, 0) is 70.1 Å². The number of nitrogens with two attached hydrogens (primary N) is 4. The van der Waals surface area contributed by atoms with Gasteiger partial charge in [0, 0.05) is 18.6 Å². The van der Waals surface area contributed by atoms with Crippen LogP contribution in [0.3, 0.4) is 0 Å². The number of carbonyl (C=O) groups excluding carboxylic acids is 3. The van der Waals surface area contributed by atoms with E-state index in [4.69, 9.17) is 78.5 Å². The summed E-state index contributed by atoms with van der Waals surface area (Å²) < 4.78 is 163. The molecule has 9 aromatic rings. The van der Waals surface area contributed by atoms with Crippen LogP contribution in [0, 0.1) is 0 Å². The molecular weight excluding hydrogens is 1630 g/mol. The van der Waals surface area contributed by atoms with E-state index in [2.05, 4.69) is 55.8 Å². The Hall–Kier alpha value is -9.99. The number of aromatic nitrogens is 9. The Kier molecular flexibility index (Phi) is 26.3. The minimum atomic E-state index is -4.87. The first-order valence-corrected chi connectivity index (χ1v) is 41.1. The van der Waals surface area contributed by atoms with Crippen molar-refractivity contribution < 1.29 is 112 Å². The molecule has 0 saturated carbocycles. The van der Waals surface area contributed by atoms with E-state index in [1.54, 1.807) is 56.3 Å². The van der Waals surface area contributed by atoms with Gasteiger partial charge < -0.3 is 105 Å². The molecule has 12 rings (SSSR count). The number of halogens is 3. The number of rotatable bonds is 37. The summed E-state index contributed by atoms with van der Waals surface area (Å²) in [4.78, 5) is 101. The first-order valence-electron chi connectivity index (χ1n) is 36.5. The predicted molar refractivity (Wildman–Crippen MR) is 413 cm³/mol. The number of alkyl halides is 3. The molecule has 48 heteroatoms. The smallest absolute Gasteiger partial charge is 0.459 e. The van der Waals surface area contributed by atoms with E-state index in [0.717, 1.165) is 9.13 Å². The molecule has 6 unspecified atom stereocenters. The SMILES string of the molecule is CC(C)OC(=O)[C@H](C)NP(=O)(OC[C@H]1O[C@@H](n2ccc3c(=O)[nH]c(NC(C)OC(=O)[C@H](C)N[P@](=O)(OC[C@H]4O[C@@H](n5ccc6c(=O)[nH]c(NC(C)OC(=O)[C@H](C)N[P@@](=O)(OC[C@H]7O[C@@H](n8ccc9c(=O)[nH]c(N)nc98)[C@@](N)(CF)C7O)Oc7ccccc7)nc65)[C@@](N)(CF)C4O)Oc4ccccc4)nc32)[C@@](N)(CF)C1O)Oc1ccccc1. The normalized spacial score (nSPS) is 26.1. The lowest BCUT2D eigenvalue weighted by molar-refractivity contribution is -0.149. The van der Waals surface area contributed by atoms with Gasteiger partial charge in [0.15, 0.2) is 48.1 Å². The lowest BCUT2D eigenvalue weighted by atomic mass is 9.92. The van der Waals surface area contributed by atoms with Crippen molar-refractivity contribution in [2.24, 2.45) is 17.2 Å². The standard InChI is InChI=1S/C70H88F3N18O24P3/c1-35(2)107-59(98)36(3)86-116(101,113-41-17-11-8-12-18-41)104-30-48-51(93)69(76,33-72)63(111-48)90-27-24-45-54(90)81-66(84-57(45)96)79-40(7)109-61(100)38(5)88-118(103,115-43-21-15-10-16-22-43)106-31-49-52(94)70(77,34-73)64(112-49)91-28-25-46-55(91)82-67(85-58(46)97)78-39(6)108-60(99)37(4)87-117(102,114-42-19-13-9-14-20-42)105-29-47-50(92)68(75,32-71)62(110-47)89-26-23-44-53(89)80-65(74)83-56(44)95/h8-28,35-40,47-52,62-64,92-94H,29-34,75-77H2,1-7H3,(H,86,101)(H,87,102)(H,88,103)(H3,74,80,83,95)(H2,78,82,85,97)(H2,79,81,84,96)/t36-,37-,38-,39?,40?,47+,48+,49+,50?,51?,52?,62+,63+,64+,68+,69+,70+,116?,117+,118-/m0/s1. The van der Waals surface area contributed by atoms with Gasteiger partial charge in [-0.25, -0.2) is 26.9 Å². The Morgan fingerprint density at radius 2 is 0.763 bits per heavy atom. The third kappa shape index (κ3) is 18.7. The third-order valence-electron chi connectivity index (χ3n) is 19.1. The zero-order valence-electron chi connectivity index (χ0n) is 63.9. The van der Waals surface area contributed by atoms with Gasteiger partial charge in [-0.2, -0.15) is 30.2 Å². The van der Waals surface area contributed by atoms with E-state index in [-0.39, 0.29) is 68.2 Å². The molecule has 0 bridgehead atoms. The average Bonchev–Trinajstić information content (AvgIpc) is 1.60. The molecule has 0 aliphatic carbocycles. The molecule has 0 spiro atoms. The van der Waals surface area contributed by atoms with Crippen LogP contribution in [0.2, 0.25) is 0 Å². The fourth-order valence-corrected chi connectivity index (χ4v) is 17.6. The largest absolute Gasteiger partial charge is 0.462 e. The number of nitrogens with zero attached hydrogens (tertiary/aromatic N) is 6. The minimum absolute atomic E-state index is 0.0198. The predicted octanol–water partition coefficient (Wildman–Crippen LogP) is 3.66. The summed E-state index contributed by atoms with van der Waals surface area (Å²) in [7, 11) is -14.2. The average molecular weight is 1720 g/mol. The number of ether oxygens (including phenoxy) is 6. The first kappa shape index (κ1) is 87.3. The Labute approximate surface area is 667 Å². The molecule has 3 aromatic carbocycles. The highest BCUT2D eigenvalue weighted by molar-refractivity contribution is 7.52. The van der Waals surface area contributed by atoms with Gasteiger partial charge in [-0.15, -0.1) is 0 Å². The number of hydrogen-bond acceptors (Lipinski definition) is 33. The maximum absolute atomic E-state index is 15.5. The zero-order valence-corrected chi connectivity index (χ0v) is 66.6. The van der Waals surface area contributed by atoms with Crippen LogP contribution in [0.4, 0.5) is 31.0 Å². The van der Waals surface area contributed by atoms with Crippen molar-refractivity contribution in [3.63, 3.8) is 0 Å². The summed E-state index contributed by atoms with van der Waals surface area (Å²) in [5.41, 5.74) is 15.9. The molecule has 638 valence electrons. The monoisotopic (exact) mass is 1710 g/mol. The number of esters is 3. The van der Waals surface area contributed by atoms with E-state index >= 15 is 8.78 Å². The van der Waals surface area contributed by atoms with E-state index in [1.807, 2.05) is 0 Å².